The van der Waals surface area contributed by atoms with E-state index in [1.807, 2.05) is 25.3 Å². The molecule has 1 aromatic heterocycles. The first-order chi connectivity index (χ1) is 12.3. The number of Topliss-reactive ketones (excluding diaryl/α,β-unsaturated/α-hetero) is 1. The Balaban J connectivity index is 2.19. The molecule has 7 nitrogen and oxygen atoms in total. The number of nitro benzene ring substituents is 1. The van der Waals surface area contributed by atoms with E-state index >= 15 is 0 Å². The van der Waals surface area contributed by atoms with Crippen molar-refractivity contribution in [2.45, 2.75) is 26.8 Å². The van der Waals surface area contributed by atoms with Gasteiger partial charge in [0.15, 0.2) is 12.4 Å². The molecule has 0 saturated heterocycles. The quantitative estimate of drug-likeness (QED) is 0.390. The first-order valence-corrected chi connectivity index (χ1v) is 8.41. The number of carbonyl (C=O) groups is 1. The highest BCUT2D eigenvalue weighted by Gasteiger charge is 2.21. The summed E-state index contributed by atoms with van der Waals surface area (Å²) in [7, 11) is 1.63. The molecule has 1 atom stereocenters. The highest BCUT2D eigenvalue weighted by atomic mass is 35.5. The van der Waals surface area contributed by atoms with Crippen LogP contribution >= 0.6 is 11.6 Å². The Morgan fingerprint density at radius 1 is 1.35 bits per heavy atom. The minimum Gasteiger partial charge on any atom is -0.478 e. The molecule has 26 heavy (non-hydrogen) atoms. The second kappa shape index (κ2) is 8.33. The van der Waals surface area contributed by atoms with Crippen molar-refractivity contribution >= 4 is 23.1 Å². The van der Waals surface area contributed by atoms with Gasteiger partial charge in [-0.2, -0.15) is 0 Å². The van der Waals surface area contributed by atoms with Gasteiger partial charge >= 0.3 is 5.69 Å². The lowest BCUT2D eigenvalue weighted by Gasteiger charge is -2.17. The molecule has 8 heteroatoms. The largest absolute Gasteiger partial charge is 0.478 e. The van der Waals surface area contributed by atoms with E-state index in [1.54, 1.807) is 13.2 Å². The molecule has 0 saturated carbocycles. The normalized spacial score (nSPS) is 12.0. The maximum Gasteiger partial charge on any atom is 0.312 e. The predicted molar refractivity (Wildman–Crippen MR) is 98.4 cm³/mol. The van der Waals surface area contributed by atoms with Crippen molar-refractivity contribution < 1.29 is 19.2 Å². The number of benzene rings is 1. The van der Waals surface area contributed by atoms with Crippen molar-refractivity contribution in [2.75, 3.05) is 20.3 Å². The minimum absolute atomic E-state index is 0.00862. The summed E-state index contributed by atoms with van der Waals surface area (Å²) < 4.78 is 12.6. The maximum atomic E-state index is 12.6. The molecule has 0 bridgehead atoms. The summed E-state index contributed by atoms with van der Waals surface area (Å²) in [4.78, 5) is 23.1. The summed E-state index contributed by atoms with van der Waals surface area (Å²) in [6.07, 6.45) is 0. The van der Waals surface area contributed by atoms with Crippen molar-refractivity contribution in [2.24, 2.45) is 0 Å². The van der Waals surface area contributed by atoms with Crippen LogP contribution in [0, 0.1) is 24.0 Å². The Labute approximate surface area is 156 Å². The SMILES string of the molecule is COC[C@@H](C)n1c(C)cc(C(=O)COc2ccc(Cl)cc2[N+](=O)[O-])c1C. The third-order valence-electron chi connectivity index (χ3n) is 4.11. The van der Waals surface area contributed by atoms with Crippen LogP contribution in [-0.2, 0) is 4.74 Å². The first-order valence-electron chi connectivity index (χ1n) is 8.03. The highest BCUT2D eigenvalue weighted by Crippen LogP contribution is 2.30. The zero-order valence-electron chi connectivity index (χ0n) is 15.1. The lowest BCUT2D eigenvalue weighted by atomic mass is 10.1. The van der Waals surface area contributed by atoms with Crippen LogP contribution in [0.15, 0.2) is 24.3 Å². The van der Waals surface area contributed by atoms with Crippen LogP contribution in [0.1, 0.15) is 34.7 Å². The van der Waals surface area contributed by atoms with E-state index in [1.165, 1.54) is 18.2 Å². The molecule has 140 valence electrons. The molecular formula is C18H21ClN2O5. The molecule has 0 unspecified atom stereocenters. The number of ketones is 1. The van der Waals surface area contributed by atoms with Crippen molar-refractivity contribution in [3.05, 3.63) is 56.4 Å². The number of rotatable bonds is 8. The number of carbonyl (C=O) groups excluding carboxylic acids is 1. The number of methoxy groups -OCH3 is 1. The highest BCUT2D eigenvalue weighted by molar-refractivity contribution is 6.30. The number of nitro groups is 1. The number of halogens is 1. The van der Waals surface area contributed by atoms with Gasteiger partial charge in [0, 0.05) is 35.2 Å². The number of aryl methyl sites for hydroxylation is 1. The van der Waals surface area contributed by atoms with E-state index in [-0.39, 0.29) is 34.9 Å². The van der Waals surface area contributed by atoms with Crippen LogP contribution in [0.3, 0.4) is 0 Å². The average molecular weight is 381 g/mol. The first kappa shape index (κ1) is 19.9. The summed E-state index contributed by atoms with van der Waals surface area (Å²) in [6.45, 7) is 6.01. The molecule has 0 aliphatic rings. The molecule has 0 aliphatic carbocycles. The van der Waals surface area contributed by atoms with Gasteiger partial charge in [-0.15, -0.1) is 0 Å². The molecule has 2 aromatic rings. The van der Waals surface area contributed by atoms with Gasteiger partial charge in [0.1, 0.15) is 0 Å². The Kier molecular flexibility index (Phi) is 6.39. The van der Waals surface area contributed by atoms with Crippen molar-refractivity contribution in [1.82, 2.24) is 4.57 Å². The molecule has 0 N–H and O–H groups in total. The maximum absolute atomic E-state index is 12.6. The van der Waals surface area contributed by atoms with Gasteiger partial charge < -0.3 is 14.0 Å². The standard InChI is InChI=1S/C18H21ClN2O5/c1-11-7-15(13(3)20(11)12(2)9-25-4)17(22)10-26-18-6-5-14(19)8-16(18)21(23)24/h5-8,12H,9-10H2,1-4H3/t12-/m1/s1. The van der Waals surface area contributed by atoms with Gasteiger partial charge in [-0.05, 0) is 39.0 Å². The minimum atomic E-state index is -0.593. The van der Waals surface area contributed by atoms with E-state index in [0.29, 0.717) is 12.2 Å². The van der Waals surface area contributed by atoms with Crippen LogP contribution in [0.2, 0.25) is 5.02 Å². The Hall–Kier alpha value is -2.38. The third-order valence-corrected chi connectivity index (χ3v) is 4.34. The van der Waals surface area contributed by atoms with Gasteiger partial charge in [0.05, 0.1) is 17.6 Å². The Bertz CT molecular complexity index is 831. The third kappa shape index (κ3) is 4.23. The summed E-state index contributed by atoms with van der Waals surface area (Å²) in [5.74, 6) is -0.243. The van der Waals surface area contributed by atoms with Crippen molar-refractivity contribution in [1.29, 1.82) is 0 Å². The second-order valence-corrected chi connectivity index (χ2v) is 6.48. The zero-order chi connectivity index (χ0) is 19.4. The number of hydrogen-bond acceptors (Lipinski definition) is 5. The van der Waals surface area contributed by atoms with E-state index in [4.69, 9.17) is 21.1 Å². The van der Waals surface area contributed by atoms with E-state index in [9.17, 15) is 14.9 Å². The zero-order valence-corrected chi connectivity index (χ0v) is 15.9. The summed E-state index contributed by atoms with van der Waals surface area (Å²) in [5, 5.41) is 11.3. The summed E-state index contributed by atoms with van der Waals surface area (Å²) in [6, 6.07) is 5.94. The van der Waals surface area contributed by atoms with Crippen LogP contribution in [0.25, 0.3) is 0 Å². The van der Waals surface area contributed by atoms with Gasteiger partial charge in [0.25, 0.3) is 0 Å². The van der Waals surface area contributed by atoms with E-state index in [0.717, 1.165) is 11.4 Å². The fourth-order valence-electron chi connectivity index (χ4n) is 3.03. The van der Waals surface area contributed by atoms with Gasteiger partial charge in [-0.3, -0.25) is 14.9 Å². The van der Waals surface area contributed by atoms with Gasteiger partial charge in [-0.25, -0.2) is 0 Å². The smallest absolute Gasteiger partial charge is 0.312 e. The number of hydrogen-bond donors (Lipinski definition) is 0. The molecule has 0 amide bonds. The lowest BCUT2D eigenvalue weighted by molar-refractivity contribution is -0.385. The molecule has 0 radical (unpaired) electrons. The molecular weight excluding hydrogens is 360 g/mol. The molecule has 0 spiro atoms. The van der Waals surface area contributed by atoms with Crippen LogP contribution in [0.4, 0.5) is 5.69 Å². The molecule has 0 fully saturated rings. The molecule has 1 heterocycles. The number of aromatic nitrogens is 1. The van der Waals surface area contributed by atoms with E-state index in [2.05, 4.69) is 0 Å². The van der Waals surface area contributed by atoms with Crippen molar-refractivity contribution in [3.8, 4) is 5.75 Å². The van der Waals surface area contributed by atoms with Crippen molar-refractivity contribution in [3.63, 3.8) is 0 Å². The van der Waals surface area contributed by atoms with Gasteiger partial charge in [-0.1, -0.05) is 11.6 Å². The Morgan fingerprint density at radius 3 is 2.65 bits per heavy atom. The average Bonchev–Trinajstić information content (AvgIpc) is 2.88. The van der Waals surface area contributed by atoms with Crippen LogP contribution in [-0.4, -0.2) is 35.6 Å². The predicted octanol–water partition coefficient (Wildman–Crippen LogP) is 4.14. The fourth-order valence-corrected chi connectivity index (χ4v) is 3.20. The van der Waals surface area contributed by atoms with Crippen LogP contribution < -0.4 is 4.74 Å². The second-order valence-electron chi connectivity index (χ2n) is 6.04. The van der Waals surface area contributed by atoms with Crippen LogP contribution in [0.5, 0.6) is 5.75 Å². The summed E-state index contributed by atoms with van der Waals surface area (Å²) in [5.41, 5.74) is 2.01. The summed E-state index contributed by atoms with van der Waals surface area (Å²) >= 11 is 5.78. The lowest BCUT2D eigenvalue weighted by Crippen LogP contribution is -2.16. The number of ether oxygens (including phenoxy) is 2. The fraction of sp³-hybridized carbons (Fsp3) is 0.389. The monoisotopic (exact) mass is 380 g/mol. The topological polar surface area (TPSA) is 83.6 Å². The molecule has 2 rings (SSSR count). The number of nitrogens with zero attached hydrogens (tertiary/aromatic N) is 2. The van der Waals surface area contributed by atoms with Gasteiger partial charge in [0.2, 0.25) is 5.78 Å². The molecule has 1 aromatic carbocycles. The Morgan fingerprint density at radius 2 is 2.04 bits per heavy atom. The van der Waals surface area contributed by atoms with E-state index < -0.39 is 4.92 Å². The molecule has 0 aliphatic heterocycles.